The van der Waals surface area contributed by atoms with Crippen LogP contribution < -0.4 is 10.5 Å². The molecule has 0 fully saturated rings. The van der Waals surface area contributed by atoms with Crippen LogP contribution >= 0.6 is 0 Å². The molecular formula is C14H9NO6. The van der Waals surface area contributed by atoms with E-state index in [9.17, 15) is 19.8 Å². The first-order valence-electron chi connectivity index (χ1n) is 5.91. The highest BCUT2D eigenvalue weighted by Crippen LogP contribution is 2.21. The number of rotatable bonds is 2. The Morgan fingerprint density at radius 2 is 1.76 bits per heavy atom. The lowest BCUT2D eigenvalue weighted by Gasteiger charge is -2.08. The van der Waals surface area contributed by atoms with Gasteiger partial charge in [-0.1, -0.05) is 6.07 Å². The molecule has 0 bridgehead atoms. The molecule has 0 aliphatic rings. The lowest BCUT2D eigenvalue weighted by Crippen LogP contribution is -2.19. The SMILES string of the molecule is O=C(On1c(O)ccc1O)c1cccc2oc(=O)ccc12. The van der Waals surface area contributed by atoms with Crippen molar-refractivity contribution in [1.82, 2.24) is 4.73 Å². The Hall–Kier alpha value is -3.22. The summed E-state index contributed by atoms with van der Waals surface area (Å²) in [5.74, 6) is -1.67. The highest BCUT2D eigenvalue weighted by molar-refractivity contribution is 6.03. The number of benzene rings is 1. The zero-order valence-electron chi connectivity index (χ0n) is 10.5. The van der Waals surface area contributed by atoms with Crippen molar-refractivity contribution in [3.8, 4) is 11.8 Å². The molecule has 7 nitrogen and oxygen atoms in total. The van der Waals surface area contributed by atoms with E-state index in [1.807, 2.05) is 0 Å². The number of aromatic nitrogens is 1. The van der Waals surface area contributed by atoms with E-state index in [2.05, 4.69) is 0 Å². The monoisotopic (exact) mass is 287 g/mol. The number of nitrogens with zero attached hydrogens (tertiary/aromatic N) is 1. The van der Waals surface area contributed by atoms with Gasteiger partial charge >= 0.3 is 11.6 Å². The Morgan fingerprint density at radius 1 is 1.05 bits per heavy atom. The third kappa shape index (κ3) is 2.20. The van der Waals surface area contributed by atoms with Gasteiger partial charge in [-0.2, -0.15) is 0 Å². The van der Waals surface area contributed by atoms with Gasteiger partial charge in [0.15, 0.2) is 0 Å². The molecule has 0 amide bonds. The van der Waals surface area contributed by atoms with E-state index in [4.69, 9.17) is 9.25 Å². The van der Waals surface area contributed by atoms with Crippen LogP contribution in [0.15, 0.2) is 51.7 Å². The molecule has 7 heteroatoms. The average Bonchev–Trinajstić information content (AvgIpc) is 2.78. The summed E-state index contributed by atoms with van der Waals surface area (Å²) in [4.78, 5) is 28.2. The van der Waals surface area contributed by atoms with Crippen molar-refractivity contribution in [2.45, 2.75) is 0 Å². The molecule has 0 aliphatic heterocycles. The third-order valence-corrected chi connectivity index (χ3v) is 2.85. The molecular weight excluding hydrogens is 278 g/mol. The quantitative estimate of drug-likeness (QED) is 0.688. The van der Waals surface area contributed by atoms with Gasteiger partial charge in [0.25, 0.3) is 0 Å². The van der Waals surface area contributed by atoms with E-state index in [1.54, 1.807) is 0 Å². The van der Waals surface area contributed by atoms with Crippen LogP contribution in [0.3, 0.4) is 0 Å². The molecule has 0 atom stereocenters. The van der Waals surface area contributed by atoms with Crippen molar-refractivity contribution in [2.24, 2.45) is 0 Å². The lowest BCUT2D eigenvalue weighted by molar-refractivity contribution is 0.0384. The summed E-state index contributed by atoms with van der Waals surface area (Å²) < 4.78 is 5.55. The van der Waals surface area contributed by atoms with Crippen LogP contribution in [0, 0.1) is 0 Å². The predicted molar refractivity (Wildman–Crippen MR) is 71.2 cm³/mol. The molecule has 106 valence electrons. The van der Waals surface area contributed by atoms with Crippen LogP contribution in [0.1, 0.15) is 10.4 Å². The van der Waals surface area contributed by atoms with Gasteiger partial charge in [-0.25, -0.2) is 9.59 Å². The zero-order valence-corrected chi connectivity index (χ0v) is 10.5. The Bertz CT molecular complexity index is 872. The summed E-state index contributed by atoms with van der Waals surface area (Å²) in [5.41, 5.74) is -0.171. The van der Waals surface area contributed by atoms with Crippen molar-refractivity contribution in [2.75, 3.05) is 0 Å². The molecule has 3 rings (SSSR count). The van der Waals surface area contributed by atoms with Crippen LogP contribution in [0.5, 0.6) is 11.8 Å². The molecule has 1 aromatic carbocycles. The average molecular weight is 287 g/mol. The van der Waals surface area contributed by atoms with Crippen LogP contribution in [0.25, 0.3) is 11.0 Å². The number of aromatic hydroxyl groups is 2. The highest BCUT2D eigenvalue weighted by Gasteiger charge is 2.17. The second kappa shape index (κ2) is 4.71. The van der Waals surface area contributed by atoms with Gasteiger partial charge in [-0.3, -0.25) is 0 Å². The van der Waals surface area contributed by atoms with Gasteiger partial charge in [0.2, 0.25) is 11.8 Å². The number of carbonyl (C=O) groups excluding carboxylic acids is 1. The number of fused-ring (bicyclic) bond motifs is 1. The van der Waals surface area contributed by atoms with Crippen molar-refractivity contribution < 1.29 is 24.3 Å². The number of carbonyl (C=O) groups is 1. The minimum absolute atomic E-state index is 0.128. The summed E-state index contributed by atoms with van der Waals surface area (Å²) in [6.45, 7) is 0. The van der Waals surface area contributed by atoms with Crippen LogP contribution in [0.4, 0.5) is 0 Å². The van der Waals surface area contributed by atoms with Crippen LogP contribution in [0.2, 0.25) is 0 Å². The first kappa shape index (κ1) is 12.8. The fraction of sp³-hybridized carbons (Fsp3) is 0. The minimum atomic E-state index is -0.823. The van der Waals surface area contributed by atoms with Gasteiger partial charge in [0.1, 0.15) is 5.58 Å². The van der Waals surface area contributed by atoms with E-state index in [0.717, 1.165) is 0 Å². The lowest BCUT2D eigenvalue weighted by atomic mass is 10.1. The maximum Gasteiger partial charge on any atom is 0.364 e. The van der Waals surface area contributed by atoms with Crippen molar-refractivity contribution >= 4 is 16.9 Å². The topological polar surface area (TPSA) is 102 Å². The van der Waals surface area contributed by atoms with Gasteiger partial charge in [-0.15, -0.1) is 4.73 Å². The maximum absolute atomic E-state index is 12.1. The summed E-state index contributed by atoms with van der Waals surface area (Å²) in [6.07, 6.45) is 0. The Kier molecular flexibility index (Phi) is 2.87. The van der Waals surface area contributed by atoms with Crippen LogP contribution in [-0.2, 0) is 0 Å². The summed E-state index contributed by atoms with van der Waals surface area (Å²) in [7, 11) is 0. The maximum atomic E-state index is 12.1. The molecule has 0 saturated heterocycles. The summed E-state index contributed by atoms with van der Waals surface area (Å²) >= 11 is 0. The molecule has 0 unspecified atom stereocenters. The first-order chi connectivity index (χ1) is 10.1. The zero-order chi connectivity index (χ0) is 15.0. The van der Waals surface area contributed by atoms with E-state index in [0.29, 0.717) is 10.1 Å². The van der Waals surface area contributed by atoms with Gasteiger partial charge in [0, 0.05) is 23.6 Å². The van der Waals surface area contributed by atoms with Crippen molar-refractivity contribution in [3.05, 3.63) is 58.4 Å². The Morgan fingerprint density at radius 3 is 2.48 bits per heavy atom. The van der Waals surface area contributed by atoms with Gasteiger partial charge in [0.05, 0.1) is 5.56 Å². The normalized spacial score (nSPS) is 10.7. The largest absolute Gasteiger partial charge is 0.492 e. The van der Waals surface area contributed by atoms with E-state index >= 15 is 0 Å². The summed E-state index contributed by atoms with van der Waals surface area (Å²) in [5, 5.41) is 19.3. The van der Waals surface area contributed by atoms with E-state index < -0.39 is 23.4 Å². The Labute approximate surface area is 117 Å². The fourth-order valence-corrected chi connectivity index (χ4v) is 1.90. The van der Waals surface area contributed by atoms with Crippen molar-refractivity contribution in [1.29, 1.82) is 0 Å². The van der Waals surface area contributed by atoms with E-state index in [1.165, 1.54) is 42.5 Å². The smallest absolute Gasteiger partial charge is 0.364 e. The van der Waals surface area contributed by atoms with Crippen LogP contribution in [-0.4, -0.2) is 20.9 Å². The molecule has 21 heavy (non-hydrogen) atoms. The van der Waals surface area contributed by atoms with E-state index in [-0.39, 0.29) is 11.1 Å². The first-order valence-corrected chi connectivity index (χ1v) is 5.91. The third-order valence-electron chi connectivity index (χ3n) is 2.85. The Balaban J connectivity index is 2.04. The molecule has 2 heterocycles. The number of hydrogen-bond acceptors (Lipinski definition) is 6. The highest BCUT2D eigenvalue weighted by atomic mass is 16.7. The standard InChI is InChI=1S/C14H9NO6/c16-11-5-6-12(17)15(11)21-14(19)9-2-1-3-10-8(9)4-7-13(18)20-10/h1-7,16-17H. The molecule has 0 spiro atoms. The molecule has 0 aliphatic carbocycles. The number of hydrogen-bond donors (Lipinski definition) is 2. The molecule has 2 N–H and O–H groups in total. The van der Waals surface area contributed by atoms with Gasteiger partial charge < -0.3 is 19.5 Å². The second-order valence-corrected chi connectivity index (χ2v) is 4.19. The summed E-state index contributed by atoms with van der Waals surface area (Å²) in [6, 6.07) is 9.50. The minimum Gasteiger partial charge on any atom is -0.492 e. The molecule has 2 aromatic heterocycles. The predicted octanol–water partition coefficient (Wildman–Crippen LogP) is 1.27. The fourth-order valence-electron chi connectivity index (χ4n) is 1.90. The molecule has 3 aromatic rings. The second-order valence-electron chi connectivity index (χ2n) is 4.19. The molecule has 0 saturated carbocycles. The van der Waals surface area contributed by atoms with Gasteiger partial charge in [-0.05, 0) is 18.2 Å². The molecule has 0 radical (unpaired) electrons. The van der Waals surface area contributed by atoms with Crippen molar-refractivity contribution in [3.63, 3.8) is 0 Å².